The van der Waals surface area contributed by atoms with E-state index in [1.165, 1.54) is 21.7 Å². The third-order valence-electron chi connectivity index (χ3n) is 4.02. The third kappa shape index (κ3) is 2.19. The van der Waals surface area contributed by atoms with Crippen molar-refractivity contribution in [3.05, 3.63) is 53.7 Å². The molecule has 3 aromatic rings. The van der Waals surface area contributed by atoms with Crippen LogP contribution in [0.2, 0.25) is 0 Å². The molecule has 2 heterocycles. The number of benzene rings is 2. The van der Waals surface area contributed by atoms with E-state index in [4.69, 9.17) is 9.47 Å². The monoisotopic (exact) mass is 279 g/mol. The summed E-state index contributed by atoms with van der Waals surface area (Å²) >= 11 is 0. The minimum atomic E-state index is -0.00578. The van der Waals surface area contributed by atoms with Crippen molar-refractivity contribution >= 4 is 21.7 Å². The predicted octanol–water partition coefficient (Wildman–Crippen LogP) is 3.78. The van der Waals surface area contributed by atoms with Crippen molar-refractivity contribution in [1.29, 1.82) is 0 Å². The molecule has 0 bridgehead atoms. The number of pyridine rings is 1. The number of hydrogen-bond acceptors (Lipinski definition) is 3. The van der Waals surface area contributed by atoms with Crippen molar-refractivity contribution in [3.63, 3.8) is 0 Å². The highest BCUT2D eigenvalue weighted by molar-refractivity contribution is 6.08. The van der Waals surface area contributed by atoms with E-state index >= 15 is 0 Å². The molecule has 3 nitrogen and oxygen atoms in total. The first-order valence-corrected chi connectivity index (χ1v) is 7.31. The number of ether oxygens (including phenoxy) is 2. The second-order valence-corrected chi connectivity index (χ2v) is 5.47. The summed E-state index contributed by atoms with van der Waals surface area (Å²) in [6.45, 7) is 3.97. The Balaban J connectivity index is 2.04. The number of nitrogens with zero attached hydrogens (tertiary/aromatic N) is 1. The first-order chi connectivity index (χ1) is 10.3. The van der Waals surface area contributed by atoms with Gasteiger partial charge in [-0.2, -0.15) is 0 Å². The molecule has 4 rings (SSSR count). The molecule has 0 saturated carbocycles. The molecule has 1 aliphatic rings. The van der Waals surface area contributed by atoms with E-state index < -0.39 is 0 Å². The van der Waals surface area contributed by atoms with Crippen LogP contribution in [0.15, 0.2) is 42.5 Å². The van der Waals surface area contributed by atoms with Crippen LogP contribution in [0.3, 0.4) is 0 Å². The molecule has 106 valence electrons. The molecule has 1 aromatic heterocycles. The van der Waals surface area contributed by atoms with Crippen LogP contribution >= 0.6 is 0 Å². The fourth-order valence-electron chi connectivity index (χ4n) is 3.10. The maximum absolute atomic E-state index is 5.92. The van der Waals surface area contributed by atoms with Gasteiger partial charge in [0.25, 0.3) is 0 Å². The van der Waals surface area contributed by atoms with Crippen LogP contribution in [0.25, 0.3) is 21.7 Å². The van der Waals surface area contributed by atoms with Gasteiger partial charge >= 0.3 is 0 Å². The summed E-state index contributed by atoms with van der Waals surface area (Å²) in [5, 5.41) is 3.65. The van der Waals surface area contributed by atoms with E-state index in [-0.39, 0.29) is 6.10 Å². The van der Waals surface area contributed by atoms with Crippen LogP contribution in [0.4, 0.5) is 0 Å². The summed E-state index contributed by atoms with van der Waals surface area (Å²) in [5.41, 5.74) is 3.23. The van der Waals surface area contributed by atoms with Crippen molar-refractivity contribution in [1.82, 2.24) is 4.98 Å². The summed E-state index contributed by atoms with van der Waals surface area (Å²) in [7, 11) is 0. The normalized spacial score (nSPS) is 19.2. The predicted molar refractivity (Wildman–Crippen MR) is 83.5 cm³/mol. The zero-order valence-electron chi connectivity index (χ0n) is 12.0. The lowest BCUT2D eigenvalue weighted by molar-refractivity contribution is -0.0895. The van der Waals surface area contributed by atoms with E-state index in [2.05, 4.69) is 47.4 Å². The second kappa shape index (κ2) is 5.10. The van der Waals surface area contributed by atoms with Crippen LogP contribution < -0.4 is 0 Å². The molecule has 0 spiro atoms. The fraction of sp³-hybridized carbons (Fsp3) is 0.278. The molecule has 1 atom stereocenters. The molecule has 0 N–H and O–H groups in total. The van der Waals surface area contributed by atoms with Gasteiger partial charge in [0.05, 0.1) is 25.3 Å². The smallest absolute Gasteiger partial charge is 0.107 e. The first kappa shape index (κ1) is 12.7. The summed E-state index contributed by atoms with van der Waals surface area (Å²) in [6.07, 6.45) is -0.00578. The van der Waals surface area contributed by atoms with E-state index in [0.29, 0.717) is 19.8 Å². The highest BCUT2D eigenvalue weighted by atomic mass is 16.6. The van der Waals surface area contributed by atoms with E-state index in [1.54, 1.807) is 0 Å². The Kier molecular flexibility index (Phi) is 3.09. The van der Waals surface area contributed by atoms with Crippen molar-refractivity contribution in [2.24, 2.45) is 0 Å². The Morgan fingerprint density at radius 1 is 1.10 bits per heavy atom. The number of fused-ring (bicyclic) bond motifs is 3. The average Bonchev–Trinajstić information content (AvgIpc) is 2.54. The zero-order chi connectivity index (χ0) is 14.2. The molecule has 0 radical (unpaired) electrons. The summed E-state index contributed by atoms with van der Waals surface area (Å²) in [6, 6.07) is 14.8. The van der Waals surface area contributed by atoms with Crippen molar-refractivity contribution in [2.75, 3.05) is 19.8 Å². The fourth-order valence-corrected chi connectivity index (χ4v) is 3.10. The van der Waals surface area contributed by atoms with Gasteiger partial charge in [-0.15, -0.1) is 0 Å². The van der Waals surface area contributed by atoms with E-state index in [1.807, 2.05) is 6.92 Å². The maximum Gasteiger partial charge on any atom is 0.107 e. The molecular weight excluding hydrogens is 262 g/mol. The van der Waals surface area contributed by atoms with Gasteiger partial charge in [-0.05, 0) is 35.4 Å². The van der Waals surface area contributed by atoms with Crippen LogP contribution in [-0.2, 0) is 9.47 Å². The van der Waals surface area contributed by atoms with Crippen molar-refractivity contribution in [3.8, 4) is 0 Å². The maximum atomic E-state index is 5.92. The Morgan fingerprint density at radius 3 is 2.86 bits per heavy atom. The molecule has 1 saturated heterocycles. The molecule has 1 unspecified atom stereocenters. The molecule has 0 amide bonds. The number of hydrogen-bond donors (Lipinski definition) is 0. The first-order valence-electron chi connectivity index (χ1n) is 7.31. The number of rotatable bonds is 1. The molecule has 3 heteroatoms. The summed E-state index contributed by atoms with van der Waals surface area (Å²) in [5.74, 6) is 0. The van der Waals surface area contributed by atoms with E-state index in [9.17, 15) is 0 Å². The summed E-state index contributed by atoms with van der Waals surface area (Å²) < 4.78 is 11.5. The summed E-state index contributed by atoms with van der Waals surface area (Å²) in [4.78, 5) is 4.68. The lowest BCUT2D eigenvalue weighted by atomic mass is 9.97. The Labute approximate surface area is 123 Å². The van der Waals surface area contributed by atoms with Gasteiger partial charge in [-0.25, -0.2) is 0 Å². The van der Waals surface area contributed by atoms with Crippen LogP contribution in [0, 0.1) is 6.92 Å². The molecule has 0 aliphatic carbocycles. The van der Waals surface area contributed by atoms with Gasteiger partial charge in [0.1, 0.15) is 6.10 Å². The Bertz CT molecular complexity index is 807. The number of aromatic nitrogens is 1. The van der Waals surface area contributed by atoms with Gasteiger partial charge < -0.3 is 9.47 Å². The number of aryl methyl sites for hydroxylation is 1. The molecule has 1 aliphatic heterocycles. The molecular formula is C18H17NO2. The quantitative estimate of drug-likeness (QED) is 0.635. The highest BCUT2D eigenvalue weighted by Gasteiger charge is 2.21. The molecule has 21 heavy (non-hydrogen) atoms. The minimum absolute atomic E-state index is 0.00578. The van der Waals surface area contributed by atoms with Crippen molar-refractivity contribution in [2.45, 2.75) is 13.0 Å². The zero-order valence-corrected chi connectivity index (χ0v) is 12.0. The van der Waals surface area contributed by atoms with Crippen LogP contribution in [0.1, 0.15) is 17.4 Å². The van der Waals surface area contributed by atoms with Gasteiger partial charge in [0, 0.05) is 11.1 Å². The third-order valence-corrected chi connectivity index (χ3v) is 4.02. The van der Waals surface area contributed by atoms with E-state index in [0.717, 1.165) is 11.2 Å². The molecule has 2 aromatic carbocycles. The van der Waals surface area contributed by atoms with Gasteiger partial charge in [0.15, 0.2) is 0 Å². The van der Waals surface area contributed by atoms with Crippen LogP contribution in [-0.4, -0.2) is 24.8 Å². The largest absolute Gasteiger partial charge is 0.376 e. The lowest BCUT2D eigenvalue weighted by Gasteiger charge is -2.25. The average molecular weight is 279 g/mol. The second-order valence-electron chi connectivity index (χ2n) is 5.47. The van der Waals surface area contributed by atoms with Crippen LogP contribution in [0.5, 0.6) is 0 Å². The standard InChI is InChI=1S/C18H17NO2/c1-12-10-15(17-11-20-8-9-21-17)18-14-5-3-2-4-13(14)6-7-16(18)19-12/h2-7,10,17H,8-9,11H2,1H3. The lowest BCUT2D eigenvalue weighted by Crippen LogP contribution is -2.22. The Morgan fingerprint density at radius 2 is 2.00 bits per heavy atom. The van der Waals surface area contributed by atoms with Gasteiger partial charge in [-0.3, -0.25) is 4.98 Å². The molecule has 1 fully saturated rings. The Hall–Kier alpha value is -1.97. The minimum Gasteiger partial charge on any atom is -0.376 e. The van der Waals surface area contributed by atoms with Gasteiger partial charge in [0.2, 0.25) is 0 Å². The van der Waals surface area contributed by atoms with Gasteiger partial charge in [-0.1, -0.05) is 30.3 Å². The highest BCUT2D eigenvalue weighted by Crippen LogP contribution is 2.33. The SMILES string of the molecule is Cc1cc(C2COCCO2)c2c(ccc3ccccc32)n1. The topological polar surface area (TPSA) is 31.4 Å². The van der Waals surface area contributed by atoms with Crippen molar-refractivity contribution < 1.29 is 9.47 Å².